The average Bonchev–Trinajstić information content (AvgIpc) is 2.75. The zero-order chi connectivity index (χ0) is 20.5. The Kier molecular flexibility index (Phi) is 4.72. The summed E-state index contributed by atoms with van der Waals surface area (Å²) in [5, 5.41) is 14.3. The molecule has 0 bridgehead atoms. The first-order valence-corrected chi connectivity index (χ1v) is 10.1. The lowest BCUT2D eigenvalue weighted by Crippen LogP contribution is -2.42. The number of anilines is 3. The van der Waals surface area contributed by atoms with Crippen molar-refractivity contribution in [1.82, 2.24) is 25.1 Å². The minimum Gasteiger partial charge on any atom is -0.366 e. The van der Waals surface area contributed by atoms with Crippen LogP contribution in [0.1, 0.15) is 25.7 Å². The molecule has 0 saturated heterocycles. The zero-order valence-electron chi connectivity index (χ0n) is 16.3. The average molecular weight is 402 g/mol. The van der Waals surface area contributed by atoms with Crippen molar-refractivity contribution in [2.24, 2.45) is 5.73 Å². The zero-order valence-corrected chi connectivity index (χ0v) is 16.3. The largest absolute Gasteiger partial charge is 0.366 e. The molecule has 0 aliphatic heterocycles. The SMILES string of the molecule is N[C@H]1CCCC[C@H]1Nc1cc2cn[nH]c(=O)c2c(Nc2ccc3nccnc3c2)n1. The second-order valence-corrected chi connectivity index (χ2v) is 7.60. The Hall–Kier alpha value is -3.59. The molecule has 1 fully saturated rings. The van der Waals surface area contributed by atoms with Gasteiger partial charge >= 0.3 is 0 Å². The number of aromatic amines is 1. The summed E-state index contributed by atoms with van der Waals surface area (Å²) in [4.78, 5) is 25.8. The van der Waals surface area contributed by atoms with Crippen molar-refractivity contribution < 1.29 is 0 Å². The van der Waals surface area contributed by atoms with Crippen LogP contribution in [0.15, 0.2) is 47.7 Å². The number of benzene rings is 1. The molecule has 3 heterocycles. The van der Waals surface area contributed by atoms with Gasteiger partial charge in [-0.1, -0.05) is 12.8 Å². The van der Waals surface area contributed by atoms with E-state index in [4.69, 9.17) is 10.7 Å². The minimum absolute atomic E-state index is 0.0871. The van der Waals surface area contributed by atoms with E-state index < -0.39 is 0 Å². The third-order valence-corrected chi connectivity index (χ3v) is 5.53. The number of pyridine rings is 1. The van der Waals surface area contributed by atoms with Crippen molar-refractivity contribution in [3.63, 3.8) is 0 Å². The van der Waals surface area contributed by atoms with Crippen LogP contribution in [0.5, 0.6) is 0 Å². The molecule has 4 aromatic rings. The summed E-state index contributed by atoms with van der Waals surface area (Å²) < 4.78 is 0. The summed E-state index contributed by atoms with van der Waals surface area (Å²) >= 11 is 0. The number of nitrogens with one attached hydrogen (secondary N) is 3. The molecule has 1 aliphatic carbocycles. The maximum absolute atomic E-state index is 12.5. The van der Waals surface area contributed by atoms with Gasteiger partial charge in [0.2, 0.25) is 0 Å². The van der Waals surface area contributed by atoms with Crippen LogP contribution in [0.4, 0.5) is 17.3 Å². The number of nitrogens with two attached hydrogens (primary N) is 1. The first-order valence-electron chi connectivity index (χ1n) is 10.1. The van der Waals surface area contributed by atoms with Gasteiger partial charge in [0.25, 0.3) is 5.56 Å². The van der Waals surface area contributed by atoms with Crippen LogP contribution < -0.4 is 21.9 Å². The number of fused-ring (bicyclic) bond motifs is 2. The van der Waals surface area contributed by atoms with Gasteiger partial charge in [0.15, 0.2) is 0 Å². The fraction of sp³-hybridized carbons (Fsp3) is 0.286. The molecule has 9 heteroatoms. The predicted molar refractivity (Wildman–Crippen MR) is 117 cm³/mol. The van der Waals surface area contributed by atoms with Crippen molar-refractivity contribution in [3.8, 4) is 0 Å². The van der Waals surface area contributed by atoms with E-state index in [1.54, 1.807) is 18.6 Å². The van der Waals surface area contributed by atoms with Crippen LogP contribution >= 0.6 is 0 Å². The molecule has 30 heavy (non-hydrogen) atoms. The van der Waals surface area contributed by atoms with E-state index in [1.165, 1.54) is 0 Å². The maximum atomic E-state index is 12.5. The Balaban J connectivity index is 1.55. The predicted octanol–water partition coefficient (Wildman–Crippen LogP) is 2.69. The summed E-state index contributed by atoms with van der Waals surface area (Å²) in [6.45, 7) is 0. The highest BCUT2D eigenvalue weighted by atomic mass is 16.1. The van der Waals surface area contributed by atoms with E-state index in [9.17, 15) is 4.79 Å². The second kappa shape index (κ2) is 7.68. The maximum Gasteiger partial charge on any atom is 0.275 e. The number of hydrogen-bond donors (Lipinski definition) is 4. The van der Waals surface area contributed by atoms with E-state index in [1.807, 2.05) is 24.3 Å². The van der Waals surface area contributed by atoms with E-state index >= 15 is 0 Å². The molecule has 1 aromatic carbocycles. The fourth-order valence-corrected chi connectivity index (χ4v) is 3.99. The van der Waals surface area contributed by atoms with Gasteiger partial charge in [-0.3, -0.25) is 14.8 Å². The Labute approximate surface area is 172 Å². The van der Waals surface area contributed by atoms with E-state index in [0.717, 1.165) is 42.4 Å². The lowest BCUT2D eigenvalue weighted by Gasteiger charge is -2.30. The molecule has 1 aliphatic rings. The van der Waals surface area contributed by atoms with Crippen LogP contribution in [-0.2, 0) is 0 Å². The number of rotatable bonds is 4. The highest BCUT2D eigenvalue weighted by Gasteiger charge is 2.22. The molecule has 0 unspecified atom stereocenters. The van der Waals surface area contributed by atoms with Crippen molar-refractivity contribution in [3.05, 3.63) is 53.2 Å². The molecule has 0 amide bonds. The Morgan fingerprint density at radius 2 is 1.90 bits per heavy atom. The van der Waals surface area contributed by atoms with Crippen LogP contribution in [0, 0.1) is 0 Å². The van der Waals surface area contributed by atoms with Crippen LogP contribution in [0.3, 0.4) is 0 Å². The van der Waals surface area contributed by atoms with Gasteiger partial charge in [-0.05, 0) is 37.1 Å². The molecule has 152 valence electrons. The topological polar surface area (TPSA) is 134 Å². The third kappa shape index (κ3) is 3.55. The molecule has 1 saturated carbocycles. The molecule has 0 spiro atoms. The van der Waals surface area contributed by atoms with Crippen molar-refractivity contribution in [1.29, 1.82) is 0 Å². The van der Waals surface area contributed by atoms with Crippen LogP contribution in [-0.4, -0.2) is 37.2 Å². The summed E-state index contributed by atoms with van der Waals surface area (Å²) in [5.41, 5.74) is 8.30. The van der Waals surface area contributed by atoms with Gasteiger partial charge in [-0.25, -0.2) is 10.1 Å². The molecular weight excluding hydrogens is 380 g/mol. The molecule has 2 atom stereocenters. The lowest BCUT2D eigenvalue weighted by molar-refractivity contribution is 0.403. The minimum atomic E-state index is -0.302. The Morgan fingerprint density at radius 1 is 1.07 bits per heavy atom. The van der Waals surface area contributed by atoms with Gasteiger partial charge in [-0.15, -0.1) is 0 Å². The molecule has 5 rings (SSSR count). The Bertz CT molecular complexity index is 1270. The molecule has 5 N–H and O–H groups in total. The molecule has 3 aromatic heterocycles. The molecule has 0 radical (unpaired) electrons. The molecular formula is C21H22N8O. The van der Waals surface area contributed by atoms with Crippen molar-refractivity contribution >= 4 is 39.1 Å². The summed E-state index contributed by atoms with van der Waals surface area (Å²) in [6.07, 6.45) is 9.22. The highest BCUT2D eigenvalue weighted by molar-refractivity contribution is 5.94. The van der Waals surface area contributed by atoms with Gasteiger partial charge in [-0.2, -0.15) is 5.10 Å². The van der Waals surface area contributed by atoms with Gasteiger partial charge < -0.3 is 16.4 Å². The first kappa shape index (κ1) is 18.4. The third-order valence-electron chi connectivity index (χ3n) is 5.53. The molecule has 9 nitrogen and oxygen atoms in total. The normalized spacial score (nSPS) is 19.1. The highest BCUT2D eigenvalue weighted by Crippen LogP contribution is 2.27. The van der Waals surface area contributed by atoms with Crippen molar-refractivity contribution in [2.45, 2.75) is 37.8 Å². The number of H-pyrrole nitrogens is 1. The number of nitrogens with zero attached hydrogens (tertiary/aromatic N) is 4. The Morgan fingerprint density at radius 3 is 2.77 bits per heavy atom. The quantitative estimate of drug-likeness (QED) is 0.409. The lowest BCUT2D eigenvalue weighted by atomic mass is 9.91. The van der Waals surface area contributed by atoms with Crippen molar-refractivity contribution in [2.75, 3.05) is 10.6 Å². The summed E-state index contributed by atoms with van der Waals surface area (Å²) in [7, 11) is 0. The van der Waals surface area contributed by atoms with Crippen LogP contribution in [0.2, 0.25) is 0 Å². The van der Waals surface area contributed by atoms with Crippen LogP contribution in [0.25, 0.3) is 21.8 Å². The second-order valence-electron chi connectivity index (χ2n) is 7.60. The smallest absolute Gasteiger partial charge is 0.275 e. The standard InChI is InChI=1S/C21H22N8O/c22-14-3-1-2-4-15(14)27-18-9-12-11-25-29-21(30)19(12)20(28-18)26-13-5-6-16-17(10-13)24-8-7-23-16/h5-11,14-15H,1-4,22H2,(H,29,30)(H2,26,27,28)/t14-,15+/m0/s1. The van der Waals surface area contributed by atoms with Gasteiger partial charge in [0.1, 0.15) is 11.6 Å². The summed E-state index contributed by atoms with van der Waals surface area (Å²) in [5.74, 6) is 1.12. The fourth-order valence-electron chi connectivity index (χ4n) is 3.99. The monoisotopic (exact) mass is 402 g/mol. The van der Waals surface area contributed by atoms with E-state index in [-0.39, 0.29) is 17.6 Å². The van der Waals surface area contributed by atoms with E-state index in [2.05, 4.69) is 30.8 Å². The number of aromatic nitrogens is 5. The van der Waals surface area contributed by atoms with Gasteiger partial charge in [0, 0.05) is 35.6 Å². The van der Waals surface area contributed by atoms with Gasteiger partial charge in [0.05, 0.1) is 22.6 Å². The van der Waals surface area contributed by atoms with E-state index in [0.29, 0.717) is 22.4 Å². The first-order chi connectivity index (χ1) is 14.7. The number of hydrogen-bond acceptors (Lipinski definition) is 8. The summed E-state index contributed by atoms with van der Waals surface area (Å²) in [6, 6.07) is 7.73.